The van der Waals surface area contributed by atoms with E-state index in [9.17, 15) is 4.79 Å². The highest BCUT2D eigenvalue weighted by atomic mass is 35.5. The minimum atomic E-state index is -0.133. The average molecular weight is 408 g/mol. The van der Waals surface area contributed by atoms with Crippen LogP contribution in [0.25, 0.3) is 6.08 Å². The zero-order valence-electron chi connectivity index (χ0n) is 13.4. The van der Waals surface area contributed by atoms with Crippen molar-refractivity contribution in [2.75, 3.05) is 0 Å². The highest BCUT2D eigenvalue weighted by Gasteiger charge is 2.05. The summed E-state index contributed by atoms with van der Waals surface area (Å²) in [4.78, 5) is 12.1. The predicted octanol–water partition coefficient (Wildman–Crippen LogP) is 6.71. The second-order valence-corrected chi connectivity index (χ2v) is 6.62. The molecule has 6 heteroatoms. The van der Waals surface area contributed by atoms with Gasteiger partial charge >= 0.3 is 0 Å². The van der Waals surface area contributed by atoms with Gasteiger partial charge in [-0.25, -0.2) is 0 Å². The molecular weight excluding hydrogens is 395 g/mol. The monoisotopic (exact) mass is 406 g/mol. The first-order valence-electron chi connectivity index (χ1n) is 7.66. The number of ether oxygens (including phenoxy) is 1. The Balaban J connectivity index is 1.59. The molecule has 0 atom stereocenters. The largest absolute Gasteiger partial charge is 0.486 e. The number of furan rings is 1. The predicted molar refractivity (Wildman–Crippen MR) is 104 cm³/mol. The van der Waals surface area contributed by atoms with Gasteiger partial charge in [0.05, 0.1) is 10.0 Å². The quantitative estimate of drug-likeness (QED) is 0.336. The van der Waals surface area contributed by atoms with Crippen LogP contribution in [-0.2, 0) is 6.61 Å². The molecule has 0 fully saturated rings. The van der Waals surface area contributed by atoms with E-state index in [0.29, 0.717) is 37.9 Å². The molecule has 0 unspecified atom stereocenters. The normalized spacial score (nSPS) is 11.0. The maximum absolute atomic E-state index is 12.1. The highest BCUT2D eigenvalue weighted by molar-refractivity contribution is 6.42. The molecular formula is C20H13Cl3O3. The summed E-state index contributed by atoms with van der Waals surface area (Å²) < 4.78 is 11.2. The van der Waals surface area contributed by atoms with Gasteiger partial charge in [-0.2, -0.15) is 0 Å². The van der Waals surface area contributed by atoms with E-state index in [-0.39, 0.29) is 12.4 Å². The Labute approximate surface area is 165 Å². The van der Waals surface area contributed by atoms with Crippen LogP contribution >= 0.6 is 34.8 Å². The molecule has 132 valence electrons. The first-order chi connectivity index (χ1) is 12.5. The van der Waals surface area contributed by atoms with Crippen LogP contribution in [0.4, 0.5) is 0 Å². The van der Waals surface area contributed by atoms with Crippen LogP contribution in [0.3, 0.4) is 0 Å². The van der Waals surface area contributed by atoms with Crippen molar-refractivity contribution in [2.45, 2.75) is 6.61 Å². The maximum atomic E-state index is 12.1. The molecule has 0 saturated heterocycles. The Morgan fingerprint density at radius 2 is 1.73 bits per heavy atom. The molecule has 2 aromatic carbocycles. The Morgan fingerprint density at radius 1 is 0.962 bits per heavy atom. The molecule has 0 aliphatic carbocycles. The zero-order chi connectivity index (χ0) is 18.5. The minimum Gasteiger partial charge on any atom is -0.486 e. The smallest absolute Gasteiger partial charge is 0.185 e. The van der Waals surface area contributed by atoms with E-state index in [1.54, 1.807) is 60.7 Å². The lowest BCUT2D eigenvalue weighted by Crippen LogP contribution is -1.93. The molecule has 3 aromatic rings. The number of carbonyl (C=O) groups is 1. The van der Waals surface area contributed by atoms with E-state index in [2.05, 4.69) is 0 Å². The van der Waals surface area contributed by atoms with Gasteiger partial charge in [-0.05, 0) is 60.7 Å². The first-order valence-corrected chi connectivity index (χ1v) is 8.79. The molecule has 3 rings (SSSR count). The van der Waals surface area contributed by atoms with Gasteiger partial charge in [0.25, 0.3) is 0 Å². The van der Waals surface area contributed by atoms with Crippen LogP contribution in [0.5, 0.6) is 5.75 Å². The zero-order valence-corrected chi connectivity index (χ0v) is 15.7. The SMILES string of the molecule is O=C(/C=C/c1ccc(COc2ccc(Cl)c(Cl)c2)o1)c1ccc(Cl)cc1. The summed E-state index contributed by atoms with van der Waals surface area (Å²) in [7, 11) is 0. The van der Waals surface area contributed by atoms with Gasteiger partial charge in [-0.3, -0.25) is 4.79 Å². The third-order valence-electron chi connectivity index (χ3n) is 3.48. The van der Waals surface area contributed by atoms with Crippen molar-refractivity contribution in [1.29, 1.82) is 0 Å². The summed E-state index contributed by atoms with van der Waals surface area (Å²) in [5, 5.41) is 1.48. The summed E-state index contributed by atoms with van der Waals surface area (Å²) in [6.45, 7) is 0.233. The number of hydrogen-bond donors (Lipinski definition) is 0. The van der Waals surface area contributed by atoms with Gasteiger partial charge in [0.15, 0.2) is 5.78 Å². The molecule has 0 amide bonds. The second kappa shape index (κ2) is 8.45. The molecule has 0 spiro atoms. The molecule has 1 heterocycles. The number of halogens is 3. The van der Waals surface area contributed by atoms with E-state index in [1.807, 2.05) is 0 Å². The fraction of sp³-hybridized carbons (Fsp3) is 0.0500. The fourth-order valence-electron chi connectivity index (χ4n) is 2.15. The van der Waals surface area contributed by atoms with Crippen LogP contribution < -0.4 is 4.74 Å². The third-order valence-corrected chi connectivity index (χ3v) is 4.47. The summed E-state index contributed by atoms with van der Waals surface area (Å²) in [5.74, 6) is 1.63. The molecule has 1 aromatic heterocycles. The summed E-state index contributed by atoms with van der Waals surface area (Å²) >= 11 is 17.6. The maximum Gasteiger partial charge on any atom is 0.185 e. The van der Waals surface area contributed by atoms with E-state index in [0.717, 1.165) is 0 Å². The van der Waals surface area contributed by atoms with Crippen molar-refractivity contribution in [3.05, 3.63) is 92.8 Å². The summed E-state index contributed by atoms with van der Waals surface area (Å²) in [6, 6.07) is 15.3. The first kappa shape index (κ1) is 18.6. The van der Waals surface area contributed by atoms with Gasteiger partial charge in [-0.15, -0.1) is 0 Å². The van der Waals surface area contributed by atoms with Crippen LogP contribution in [0.2, 0.25) is 15.1 Å². The Hall–Kier alpha value is -2.20. The lowest BCUT2D eigenvalue weighted by atomic mass is 10.1. The number of benzene rings is 2. The third kappa shape index (κ3) is 4.92. The Bertz CT molecular complexity index is 943. The molecule has 3 nitrogen and oxygen atoms in total. The average Bonchev–Trinajstić information content (AvgIpc) is 3.09. The van der Waals surface area contributed by atoms with Crippen molar-refractivity contribution in [3.8, 4) is 5.75 Å². The molecule has 0 saturated carbocycles. The number of ketones is 1. The Kier molecular flexibility index (Phi) is 6.04. The van der Waals surface area contributed by atoms with Crippen molar-refractivity contribution in [3.63, 3.8) is 0 Å². The second-order valence-electron chi connectivity index (χ2n) is 5.37. The van der Waals surface area contributed by atoms with E-state index < -0.39 is 0 Å². The van der Waals surface area contributed by atoms with Crippen LogP contribution in [-0.4, -0.2) is 5.78 Å². The lowest BCUT2D eigenvalue weighted by molar-refractivity contribution is 0.104. The molecule has 0 radical (unpaired) electrons. The molecule has 0 aliphatic rings. The summed E-state index contributed by atoms with van der Waals surface area (Å²) in [5.41, 5.74) is 0.556. The van der Waals surface area contributed by atoms with Crippen molar-refractivity contribution < 1.29 is 13.9 Å². The number of allylic oxidation sites excluding steroid dienone is 1. The molecule has 26 heavy (non-hydrogen) atoms. The number of hydrogen-bond acceptors (Lipinski definition) is 3. The van der Waals surface area contributed by atoms with Crippen LogP contribution in [0.15, 0.2) is 65.1 Å². The van der Waals surface area contributed by atoms with Crippen molar-refractivity contribution >= 4 is 46.7 Å². The fourth-order valence-corrected chi connectivity index (χ4v) is 2.57. The van der Waals surface area contributed by atoms with Gasteiger partial charge < -0.3 is 9.15 Å². The Morgan fingerprint density at radius 3 is 2.46 bits per heavy atom. The molecule has 0 aliphatic heterocycles. The van der Waals surface area contributed by atoms with E-state index in [4.69, 9.17) is 44.0 Å². The van der Waals surface area contributed by atoms with Crippen LogP contribution in [0.1, 0.15) is 21.9 Å². The van der Waals surface area contributed by atoms with Gasteiger partial charge in [0.1, 0.15) is 23.9 Å². The van der Waals surface area contributed by atoms with Crippen molar-refractivity contribution in [1.82, 2.24) is 0 Å². The van der Waals surface area contributed by atoms with Gasteiger partial charge in [0, 0.05) is 16.7 Å². The number of rotatable bonds is 6. The highest BCUT2D eigenvalue weighted by Crippen LogP contribution is 2.27. The van der Waals surface area contributed by atoms with Crippen molar-refractivity contribution in [2.24, 2.45) is 0 Å². The van der Waals surface area contributed by atoms with Crippen LogP contribution in [0, 0.1) is 0 Å². The molecule has 0 bridgehead atoms. The van der Waals surface area contributed by atoms with E-state index >= 15 is 0 Å². The summed E-state index contributed by atoms with van der Waals surface area (Å²) in [6.07, 6.45) is 3.06. The molecule has 0 N–H and O–H groups in total. The number of carbonyl (C=O) groups excluding carboxylic acids is 1. The van der Waals surface area contributed by atoms with Gasteiger partial charge in [0.2, 0.25) is 0 Å². The topological polar surface area (TPSA) is 39.4 Å². The van der Waals surface area contributed by atoms with E-state index in [1.165, 1.54) is 6.08 Å². The standard InChI is InChI=1S/C20H13Cl3O3/c21-14-3-1-13(2-4-14)20(24)10-8-15-5-6-17(26-15)12-25-16-7-9-18(22)19(23)11-16/h1-11H,12H2/b10-8+. The lowest BCUT2D eigenvalue weighted by Gasteiger charge is -2.05. The minimum absolute atomic E-state index is 0.133. The van der Waals surface area contributed by atoms with Gasteiger partial charge in [-0.1, -0.05) is 34.8 Å².